The molecular formula is C27H24N4O3. The van der Waals surface area contributed by atoms with Gasteiger partial charge in [0, 0.05) is 23.3 Å². The third-order valence-electron chi connectivity index (χ3n) is 6.04. The van der Waals surface area contributed by atoms with Gasteiger partial charge in [-0.15, -0.1) is 0 Å². The van der Waals surface area contributed by atoms with E-state index >= 15 is 0 Å². The minimum Gasteiger partial charge on any atom is -0.495 e. The van der Waals surface area contributed by atoms with Gasteiger partial charge in [0.15, 0.2) is 5.69 Å². The summed E-state index contributed by atoms with van der Waals surface area (Å²) in [5.41, 5.74) is 4.30. The Labute approximate surface area is 196 Å². The topological polar surface area (TPSA) is 78.2 Å². The van der Waals surface area contributed by atoms with Gasteiger partial charge in [-0.2, -0.15) is 9.78 Å². The molecule has 0 atom stereocenters. The molecule has 2 aromatic heterocycles. The van der Waals surface area contributed by atoms with E-state index in [0.717, 1.165) is 22.0 Å². The molecule has 5 aromatic rings. The molecule has 0 unspecified atom stereocenters. The number of fused-ring (bicyclic) bond motifs is 3. The van der Waals surface area contributed by atoms with Crippen molar-refractivity contribution in [2.45, 2.75) is 13.8 Å². The highest BCUT2D eigenvalue weighted by atomic mass is 16.5. The number of carbonyl (C=O) groups excluding carboxylic acids is 1. The molecule has 1 amide bonds. The Bertz CT molecular complexity index is 1630. The highest BCUT2D eigenvalue weighted by Crippen LogP contribution is 2.30. The zero-order chi connectivity index (χ0) is 24.0. The predicted octanol–water partition coefficient (Wildman–Crippen LogP) is 4.76. The fraction of sp³-hybridized carbons (Fsp3) is 0.148. The lowest BCUT2D eigenvalue weighted by Crippen LogP contribution is -2.27. The number of nitrogens with one attached hydrogen (secondary N) is 1. The third kappa shape index (κ3) is 3.42. The molecule has 0 fully saturated rings. The number of anilines is 1. The molecule has 0 aliphatic carbocycles. The standard InChI is InChI=1S/C27H24N4O3/c1-16-9-12-18(13-10-16)31-27(33)25-23(19-7-5-6-8-21(19)30(25)3)24(29-31)26(32)28-20-15-17(2)11-14-22(20)34-4/h5-15H,1-4H3,(H,28,32). The van der Waals surface area contributed by atoms with Gasteiger partial charge in [-0.25, -0.2) is 0 Å². The van der Waals surface area contributed by atoms with Gasteiger partial charge >= 0.3 is 0 Å². The number of rotatable bonds is 4. The van der Waals surface area contributed by atoms with Crippen LogP contribution in [0.25, 0.3) is 27.5 Å². The number of carbonyl (C=O) groups is 1. The van der Waals surface area contributed by atoms with E-state index in [-0.39, 0.29) is 11.3 Å². The first kappa shape index (κ1) is 21.5. The molecule has 0 aliphatic rings. The van der Waals surface area contributed by atoms with Crippen molar-refractivity contribution >= 4 is 33.4 Å². The smallest absolute Gasteiger partial charge is 0.296 e. The second-order valence-electron chi connectivity index (χ2n) is 8.36. The number of amides is 1. The van der Waals surface area contributed by atoms with Gasteiger partial charge < -0.3 is 14.6 Å². The molecule has 2 heterocycles. The minimum atomic E-state index is -0.425. The zero-order valence-electron chi connectivity index (χ0n) is 19.4. The molecule has 7 nitrogen and oxygen atoms in total. The van der Waals surface area contributed by atoms with E-state index in [1.165, 1.54) is 4.68 Å². The van der Waals surface area contributed by atoms with Gasteiger partial charge in [-0.05, 0) is 49.7 Å². The molecule has 0 bridgehead atoms. The van der Waals surface area contributed by atoms with Crippen molar-refractivity contribution in [3.05, 3.63) is 93.9 Å². The van der Waals surface area contributed by atoms with E-state index in [1.807, 2.05) is 86.1 Å². The lowest BCUT2D eigenvalue weighted by Gasteiger charge is -2.13. The summed E-state index contributed by atoms with van der Waals surface area (Å²) >= 11 is 0. The largest absolute Gasteiger partial charge is 0.495 e. The van der Waals surface area contributed by atoms with Crippen LogP contribution in [0.4, 0.5) is 5.69 Å². The van der Waals surface area contributed by atoms with Crippen LogP contribution in [-0.4, -0.2) is 27.4 Å². The zero-order valence-corrected chi connectivity index (χ0v) is 19.4. The first-order chi connectivity index (χ1) is 16.4. The second-order valence-corrected chi connectivity index (χ2v) is 8.36. The van der Waals surface area contributed by atoms with Crippen molar-refractivity contribution in [3.63, 3.8) is 0 Å². The van der Waals surface area contributed by atoms with Crippen molar-refractivity contribution in [1.82, 2.24) is 14.3 Å². The molecule has 170 valence electrons. The van der Waals surface area contributed by atoms with Crippen LogP contribution in [0.2, 0.25) is 0 Å². The Morgan fingerprint density at radius 1 is 0.971 bits per heavy atom. The van der Waals surface area contributed by atoms with E-state index in [0.29, 0.717) is 28.0 Å². The molecule has 0 spiro atoms. The number of aryl methyl sites for hydroxylation is 3. The summed E-state index contributed by atoms with van der Waals surface area (Å²) < 4.78 is 8.55. The van der Waals surface area contributed by atoms with Gasteiger partial charge in [0.2, 0.25) is 0 Å². The van der Waals surface area contributed by atoms with Crippen LogP contribution in [0.15, 0.2) is 71.5 Å². The first-order valence-corrected chi connectivity index (χ1v) is 10.9. The van der Waals surface area contributed by atoms with Crippen LogP contribution in [0.5, 0.6) is 5.75 Å². The van der Waals surface area contributed by atoms with Gasteiger partial charge in [-0.1, -0.05) is 42.0 Å². The molecule has 0 saturated heterocycles. The summed E-state index contributed by atoms with van der Waals surface area (Å²) in [6.45, 7) is 3.91. The average Bonchev–Trinajstić information content (AvgIpc) is 3.13. The second kappa shape index (κ2) is 8.19. The summed E-state index contributed by atoms with van der Waals surface area (Å²) in [7, 11) is 3.38. The van der Waals surface area contributed by atoms with Crippen LogP contribution in [0.3, 0.4) is 0 Å². The van der Waals surface area contributed by atoms with Crippen molar-refractivity contribution in [2.75, 3.05) is 12.4 Å². The molecular weight excluding hydrogens is 428 g/mol. The molecule has 3 aromatic carbocycles. The normalized spacial score (nSPS) is 11.2. The molecule has 1 N–H and O–H groups in total. The fourth-order valence-electron chi connectivity index (χ4n) is 4.30. The van der Waals surface area contributed by atoms with Crippen LogP contribution in [-0.2, 0) is 7.05 Å². The summed E-state index contributed by atoms with van der Waals surface area (Å²) in [6.07, 6.45) is 0. The van der Waals surface area contributed by atoms with Crippen molar-refractivity contribution < 1.29 is 9.53 Å². The maximum atomic E-state index is 13.7. The fourth-order valence-corrected chi connectivity index (χ4v) is 4.30. The van der Waals surface area contributed by atoms with E-state index in [2.05, 4.69) is 10.4 Å². The number of ether oxygens (including phenoxy) is 1. The number of hydrogen-bond acceptors (Lipinski definition) is 4. The highest BCUT2D eigenvalue weighted by Gasteiger charge is 2.24. The number of methoxy groups -OCH3 is 1. The summed E-state index contributed by atoms with van der Waals surface area (Å²) in [4.78, 5) is 27.3. The Kier molecular flexibility index (Phi) is 5.17. The quantitative estimate of drug-likeness (QED) is 0.427. The Hall–Kier alpha value is -4.39. The Balaban J connectivity index is 1.79. The van der Waals surface area contributed by atoms with Crippen LogP contribution < -0.4 is 15.6 Å². The van der Waals surface area contributed by atoms with Crippen LogP contribution >= 0.6 is 0 Å². The van der Waals surface area contributed by atoms with Crippen LogP contribution in [0.1, 0.15) is 21.6 Å². The molecule has 0 radical (unpaired) electrons. The lowest BCUT2D eigenvalue weighted by molar-refractivity contribution is 0.102. The number of nitrogens with zero attached hydrogens (tertiary/aromatic N) is 3. The SMILES string of the molecule is COc1ccc(C)cc1NC(=O)c1nn(-c2ccc(C)cc2)c(=O)c2c1c1ccccc1n2C. The maximum Gasteiger partial charge on any atom is 0.296 e. The van der Waals surface area contributed by atoms with Gasteiger partial charge in [0.1, 0.15) is 11.3 Å². The molecule has 5 rings (SSSR count). The number of hydrogen-bond donors (Lipinski definition) is 1. The molecule has 0 saturated carbocycles. The van der Waals surface area contributed by atoms with E-state index < -0.39 is 5.91 Å². The van der Waals surface area contributed by atoms with Gasteiger partial charge in [0.05, 0.1) is 18.5 Å². The number of benzene rings is 3. The minimum absolute atomic E-state index is 0.163. The van der Waals surface area contributed by atoms with Gasteiger partial charge in [0.25, 0.3) is 11.5 Å². The number of para-hydroxylation sites is 1. The average molecular weight is 453 g/mol. The van der Waals surface area contributed by atoms with E-state index in [4.69, 9.17) is 4.74 Å². The Morgan fingerprint density at radius 2 is 1.68 bits per heavy atom. The maximum absolute atomic E-state index is 13.7. The summed E-state index contributed by atoms with van der Waals surface area (Å²) in [6, 6.07) is 20.6. The van der Waals surface area contributed by atoms with E-state index in [1.54, 1.807) is 13.2 Å². The highest BCUT2D eigenvalue weighted by molar-refractivity contribution is 6.19. The Morgan fingerprint density at radius 3 is 2.41 bits per heavy atom. The van der Waals surface area contributed by atoms with Crippen molar-refractivity contribution in [1.29, 1.82) is 0 Å². The van der Waals surface area contributed by atoms with Crippen molar-refractivity contribution in [2.24, 2.45) is 7.05 Å². The molecule has 34 heavy (non-hydrogen) atoms. The lowest BCUT2D eigenvalue weighted by atomic mass is 10.1. The summed E-state index contributed by atoms with van der Waals surface area (Å²) in [5.74, 6) is 0.117. The number of aromatic nitrogens is 3. The predicted molar refractivity (Wildman–Crippen MR) is 134 cm³/mol. The molecule has 0 aliphatic heterocycles. The first-order valence-electron chi connectivity index (χ1n) is 10.9. The summed E-state index contributed by atoms with van der Waals surface area (Å²) in [5, 5.41) is 8.83. The van der Waals surface area contributed by atoms with Gasteiger partial charge in [-0.3, -0.25) is 9.59 Å². The molecule has 7 heteroatoms. The van der Waals surface area contributed by atoms with E-state index in [9.17, 15) is 9.59 Å². The van der Waals surface area contributed by atoms with Crippen LogP contribution in [0, 0.1) is 13.8 Å². The van der Waals surface area contributed by atoms with Crippen molar-refractivity contribution in [3.8, 4) is 11.4 Å². The monoisotopic (exact) mass is 452 g/mol. The third-order valence-corrected chi connectivity index (χ3v) is 6.04.